The highest BCUT2D eigenvalue weighted by Crippen LogP contribution is 2.15. The summed E-state index contributed by atoms with van der Waals surface area (Å²) in [5.41, 5.74) is 5.67. The first-order chi connectivity index (χ1) is 7.84. The minimum absolute atomic E-state index is 0. The first kappa shape index (κ1) is 17.2. The van der Waals surface area contributed by atoms with Crippen molar-refractivity contribution in [2.75, 3.05) is 6.54 Å². The van der Waals surface area contributed by atoms with Crippen molar-refractivity contribution in [2.45, 2.75) is 52.2 Å². The van der Waals surface area contributed by atoms with Gasteiger partial charge in [-0.3, -0.25) is 9.59 Å². The lowest BCUT2D eigenvalue weighted by molar-refractivity contribution is -0.134. The van der Waals surface area contributed by atoms with E-state index >= 15 is 0 Å². The molecule has 0 spiro atoms. The van der Waals surface area contributed by atoms with Crippen molar-refractivity contribution < 1.29 is 9.59 Å². The van der Waals surface area contributed by atoms with Crippen molar-refractivity contribution in [2.24, 2.45) is 11.7 Å². The van der Waals surface area contributed by atoms with Crippen LogP contribution in [0.1, 0.15) is 34.1 Å². The van der Waals surface area contributed by atoms with Crippen molar-refractivity contribution in [3.05, 3.63) is 0 Å². The minimum Gasteiger partial charge on any atom is -0.344 e. The largest absolute Gasteiger partial charge is 0.344 e. The Hall–Kier alpha value is -0.810. The number of nitrogens with two attached hydrogens (primary N) is 1. The molecule has 3 N–H and O–H groups in total. The predicted molar refractivity (Wildman–Crippen MR) is 73.5 cm³/mol. The Labute approximate surface area is 115 Å². The number of hydrogen-bond acceptors (Lipinski definition) is 3. The van der Waals surface area contributed by atoms with Gasteiger partial charge in [-0.25, -0.2) is 0 Å². The fourth-order valence-corrected chi connectivity index (χ4v) is 1.89. The number of carbonyl (C=O) groups is 2. The van der Waals surface area contributed by atoms with Gasteiger partial charge in [0.15, 0.2) is 0 Å². The zero-order valence-electron chi connectivity index (χ0n) is 11.5. The van der Waals surface area contributed by atoms with Crippen LogP contribution < -0.4 is 11.1 Å². The lowest BCUT2D eigenvalue weighted by Gasteiger charge is -2.22. The second kappa shape index (κ2) is 6.95. The normalized spacial score (nSPS) is 22.7. The lowest BCUT2D eigenvalue weighted by Crippen LogP contribution is -2.47. The number of carbonyl (C=O) groups excluding carboxylic acids is 2. The van der Waals surface area contributed by atoms with Crippen LogP contribution in [0.4, 0.5) is 0 Å². The van der Waals surface area contributed by atoms with Crippen LogP contribution in [0.2, 0.25) is 0 Å². The molecule has 1 heterocycles. The lowest BCUT2D eigenvalue weighted by atomic mass is 10.0. The van der Waals surface area contributed by atoms with E-state index in [2.05, 4.69) is 5.32 Å². The second-order valence-electron chi connectivity index (χ2n) is 5.12. The van der Waals surface area contributed by atoms with Gasteiger partial charge < -0.3 is 16.0 Å². The third kappa shape index (κ3) is 3.85. The molecule has 1 aliphatic rings. The first-order valence-corrected chi connectivity index (χ1v) is 6.21. The van der Waals surface area contributed by atoms with E-state index < -0.39 is 0 Å². The molecule has 0 aromatic rings. The van der Waals surface area contributed by atoms with Gasteiger partial charge in [0.1, 0.15) is 6.04 Å². The van der Waals surface area contributed by atoms with Crippen molar-refractivity contribution in [1.29, 1.82) is 0 Å². The smallest absolute Gasteiger partial charge is 0.245 e. The molecular formula is C12H24ClN3O2. The molecule has 0 radical (unpaired) electrons. The van der Waals surface area contributed by atoms with Gasteiger partial charge in [0.05, 0.1) is 0 Å². The molecule has 3 atom stereocenters. The summed E-state index contributed by atoms with van der Waals surface area (Å²) in [5, 5.41) is 2.78. The molecular weight excluding hydrogens is 254 g/mol. The Kier molecular flexibility index (Phi) is 6.63. The summed E-state index contributed by atoms with van der Waals surface area (Å²) in [4.78, 5) is 25.5. The van der Waals surface area contributed by atoms with Gasteiger partial charge in [0, 0.05) is 24.5 Å². The molecule has 1 fully saturated rings. The van der Waals surface area contributed by atoms with Crippen LogP contribution in [0, 0.1) is 5.92 Å². The van der Waals surface area contributed by atoms with Crippen molar-refractivity contribution >= 4 is 24.2 Å². The van der Waals surface area contributed by atoms with Crippen LogP contribution in [-0.2, 0) is 9.59 Å². The summed E-state index contributed by atoms with van der Waals surface area (Å²) in [5.74, 6) is -0.384. The fourth-order valence-electron chi connectivity index (χ4n) is 1.89. The standard InChI is InChI=1S/C12H23N3O2.ClH/c1-7(2)15-6-5-10(12(15)17)14-11(16)8(3)9(4)13;/h7-10H,5-6,13H2,1-4H3,(H,14,16);1H. The maximum atomic E-state index is 12.0. The summed E-state index contributed by atoms with van der Waals surface area (Å²) in [6.45, 7) is 8.24. The molecule has 1 aliphatic heterocycles. The second-order valence-corrected chi connectivity index (χ2v) is 5.12. The predicted octanol–water partition coefficient (Wildman–Crippen LogP) is 0.517. The van der Waals surface area contributed by atoms with Crippen LogP contribution >= 0.6 is 12.4 Å². The Morgan fingerprint density at radius 2 is 1.94 bits per heavy atom. The highest BCUT2D eigenvalue weighted by molar-refractivity contribution is 5.90. The summed E-state index contributed by atoms with van der Waals surface area (Å²) in [7, 11) is 0. The number of amides is 2. The molecule has 0 aliphatic carbocycles. The molecule has 1 saturated heterocycles. The summed E-state index contributed by atoms with van der Waals surface area (Å²) in [6, 6.07) is -0.380. The molecule has 0 aromatic carbocycles. The van der Waals surface area contributed by atoms with E-state index in [1.807, 2.05) is 13.8 Å². The van der Waals surface area contributed by atoms with E-state index in [9.17, 15) is 9.59 Å². The third-order valence-electron chi connectivity index (χ3n) is 3.38. The summed E-state index contributed by atoms with van der Waals surface area (Å²) in [6.07, 6.45) is 0.689. The van der Waals surface area contributed by atoms with Gasteiger partial charge in [-0.2, -0.15) is 0 Å². The Balaban J connectivity index is 0.00000289. The number of nitrogens with zero attached hydrogens (tertiary/aromatic N) is 1. The van der Waals surface area contributed by atoms with E-state index in [0.717, 1.165) is 0 Å². The SMILES string of the molecule is CC(N)C(C)C(=O)NC1CCN(C(C)C)C1=O.Cl. The van der Waals surface area contributed by atoms with Crippen LogP contribution in [0.3, 0.4) is 0 Å². The Bertz CT molecular complexity index is 308. The van der Waals surface area contributed by atoms with E-state index in [4.69, 9.17) is 5.73 Å². The first-order valence-electron chi connectivity index (χ1n) is 6.21. The third-order valence-corrected chi connectivity index (χ3v) is 3.38. The fraction of sp³-hybridized carbons (Fsp3) is 0.833. The molecule has 2 amide bonds. The molecule has 6 heteroatoms. The van der Waals surface area contributed by atoms with Gasteiger partial charge >= 0.3 is 0 Å². The van der Waals surface area contributed by atoms with Crippen molar-refractivity contribution in [1.82, 2.24) is 10.2 Å². The molecule has 106 valence electrons. The number of halogens is 1. The number of likely N-dealkylation sites (tertiary alicyclic amines) is 1. The van der Waals surface area contributed by atoms with E-state index in [-0.39, 0.29) is 48.3 Å². The van der Waals surface area contributed by atoms with Crippen molar-refractivity contribution in [3.8, 4) is 0 Å². The van der Waals surface area contributed by atoms with Gasteiger partial charge in [0.25, 0.3) is 0 Å². The van der Waals surface area contributed by atoms with Crippen LogP contribution in [0.25, 0.3) is 0 Å². The van der Waals surface area contributed by atoms with Gasteiger partial charge in [0.2, 0.25) is 11.8 Å². The monoisotopic (exact) mass is 277 g/mol. The van der Waals surface area contributed by atoms with Gasteiger partial charge in [-0.15, -0.1) is 12.4 Å². The van der Waals surface area contributed by atoms with Gasteiger partial charge in [-0.1, -0.05) is 6.92 Å². The van der Waals surface area contributed by atoms with E-state index in [0.29, 0.717) is 13.0 Å². The van der Waals surface area contributed by atoms with Crippen LogP contribution in [-0.4, -0.2) is 41.4 Å². The molecule has 5 nitrogen and oxygen atoms in total. The van der Waals surface area contributed by atoms with Gasteiger partial charge in [-0.05, 0) is 27.2 Å². The molecule has 1 rings (SSSR count). The maximum Gasteiger partial charge on any atom is 0.245 e. The van der Waals surface area contributed by atoms with Crippen molar-refractivity contribution in [3.63, 3.8) is 0 Å². The summed E-state index contributed by atoms with van der Waals surface area (Å²) >= 11 is 0. The summed E-state index contributed by atoms with van der Waals surface area (Å²) < 4.78 is 0. The highest BCUT2D eigenvalue weighted by Gasteiger charge is 2.34. The average Bonchev–Trinajstić information content (AvgIpc) is 2.59. The molecule has 0 aromatic heterocycles. The Morgan fingerprint density at radius 1 is 1.39 bits per heavy atom. The van der Waals surface area contributed by atoms with Crippen LogP contribution in [0.5, 0.6) is 0 Å². The minimum atomic E-state index is -0.369. The number of hydrogen-bond donors (Lipinski definition) is 2. The van der Waals surface area contributed by atoms with E-state index in [1.165, 1.54) is 0 Å². The average molecular weight is 278 g/mol. The Morgan fingerprint density at radius 3 is 2.33 bits per heavy atom. The quantitative estimate of drug-likeness (QED) is 0.787. The zero-order chi connectivity index (χ0) is 13.2. The topological polar surface area (TPSA) is 75.4 Å². The number of rotatable bonds is 4. The maximum absolute atomic E-state index is 12.0. The van der Waals surface area contributed by atoms with E-state index in [1.54, 1.807) is 18.7 Å². The zero-order valence-corrected chi connectivity index (χ0v) is 12.3. The molecule has 0 bridgehead atoms. The molecule has 3 unspecified atom stereocenters. The number of nitrogens with one attached hydrogen (secondary N) is 1. The molecule has 18 heavy (non-hydrogen) atoms. The van der Waals surface area contributed by atoms with Crippen LogP contribution in [0.15, 0.2) is 0 Å². The highest BCUT2D eigenvalue weighted by atomic mass is 35.5. The molecule has 0 saturated carbocycles.